The van der Waals surface area contributed by atoms with Gasteiger partial charge in [-0.3, -0.25) is 10.1 Å². The van der Waals surface area contributed by atoms with Gasteiger partial charge in [0.25, 0.3) is 5.91 Å². The van der Waals surface area contributed by atoms with Gasteiger partial charge in [-0.05, 0) is 48.7 Å². The first kappa shape index (κ1) is 17.7. The number of carbonyl (C=O) groups excluding carboxylic acids is 1. The number of aromatic nitrogens is 1. The number of aryl methyl sites for hydroxylation is 1. The molecule has 4 nitrogen and oxygen atoms in total. The Hall–Kier alpha value is -2.11. The summed E-state index contributed by atoms with van der Waals surface area (Å²) >= 11 is 7.46. The lowest BCUT2D eigenvalue weighted by atomic mass is 10.1. The Morgan fingerprint density at radius 2 is 2.12 bits per heavy atom. The highest BCUT2D eigenvalue weighted by molar-refractivity contribution is 7.22. The van der Waals surface area contributed by atoms with E-state index in [1.165, 1.54) is 36.9 Å². The van der Waals surface area contributed by atoms with Crippen molar-refractivity contribution < 1.29 is 9.53 Å². The first-order valence-corrected chi connectivity index (χ1v) is 9.34. The fraction of sp³-hybridized carbons (Fsp3) is 0.263. The van der Waals surface area contributed by atoms with Crippen LogP contribution < -0.4 is 10.1 Å². The molecule has 0 saturated carbocycles. The van der Waals surface area contributed by atoms with E-state index in [1.54, 1.807) is 18.2 Å². The Kier molecular flexibility index (Phi) is 5.56. The molecule has 0 aliphatic rings. The lowest BCUT2D eigenvalue weighted by molar-refractivity contribution is 0.102. The number of amides is 1. The zero-order valence-electron chi connectivity index (χ0n) is 14.1. The van der Waals surface area contributed by atoms with Crippen LogP contribution in [0.1, 0.15) is 35.7 Å². The molecule has 0 radical (unpaired) electrons. The molecule has 0 unspecified atom stereocenters. The van der Waals surface area contributed by atoms with Gasteiger partial charge in [0.1, 0.15) is 5.75 Å². The molecule has 0 atom stereocenters. The summed E-state index contributed by atoms with van der Waals surface area (Å²) in [6.45, 7) is 2.18. The fourth-order valence-electron chi connectivity index (χ4n) is 2.58. The van der Waals surface area contributed by atoms with Crippen LogP contribution in [-0.4, -0.2) is 18.0 Å². The lowest BCUT2D eigenvalue weighted by Gasteiger charge is -2.08. The van der Waals surface area contributed by atoms with E-state index in [4.69, 9.17) is 16.3 Å². The third-order valence-electron chi connectivity index (χ3n) is 3.90. The van der Waals surface area contributed by atoms with E-state index >= 15 is 0 Å². The van der Waals surface area contributed by atoms with Gasteiger partial charge >= 0.3 is 0 Å². The average Bonchev–Trinajstić information content (AvgIpc) is 3.01. The molecule has 0 aliphatic heterocycles. The van der Waals surface area contributed by atoms with Crippen LogP contribution in [0.5, 0.6) is 5.75 Å². The van der Waals surface area contributed by atoms with E-state index in [0.717, 1.165) is 16.6 Å². The maximum atomic E-state index is 12.5. The summed E-state index contributed by atoms with van der Waals surface area (Å²) in [5.41, 5.74) is 2.57. The summed E-state index contributed by atoms with van der Waals surface area (Å²) < 4.78 is 6.31. The van der Waals surface area contributed by atoms with Gasteiger partial charge in [-0.1, -0.05) is 42.3 Å². The maximum absolute atomic E-state index is 12.5. The fourth-order valence-corrected chi connectivity index (χ4v) is 3.68. The molecule has 0 saturated heterocycles. The quantitative estimate of drug-likeness (QED) is 0.615. The van der Waals surface area contributed by atoms with Gasteiger partial charge < -0.3 is 4.74 Å². The van der Waals surface area contributed by atoms with Gasteiger partial charge in [0, 0.05) is 5.02 Å². The Labute approximate surface area is 155 Å². The molecule has 0 fully saturated rings. The number of carbonyl (C=O) groups is 1. The summed E-state index contributed by atoms with van der Waals surface area (Å²) in [7, 11) is 1.52. The standard InChI is InChI=1S/C19H19ClN2O2S/c1-3-4-5-12-6-8-15-17(10-12)25-19(21-15)22-18(23)14-11-13(20)7-9-16(14)24-2/h6-11H,3-5H2,1-2H3,(H,21,22,23). The number of benzene rings is 2. The van der Waals surface area contributed by atoms with E-state index in [1.807, 2.05) is 6.07 Å². The smallest absolute Gasteiger partial charge is 0.261 e. The van der Waals surface area contributed by atoms with Crippen molar-refractivity contribution in [3.05, 3.63) is 52.5 Å². The summed E-state index contributed by atoms with van der Waals surface area (Å²) in [5.74, 6) is 0.189. The SMILES string of the molecule is CCCCc1ccc2nc(NC(=O)c3cc(Cl)ccc3OC)sc2c1. The molecule has 1 N–H and O–H groups in total. The van der Waals surface area contributed by atoms with Crippen molar-refractivity contribution in [2.24, 2.45) is 0 Å². The van der Waals surface area contributed by atoms with Crippen LogP contribution in [0, 0.1) is 0 Å². The number of halogens is 1. The zero-order valence-corrected chi connectivity index (χ0v) is 15.7. The van der Waals surface area contributed by atoms with Gasteiger partial charge in [-0.2, -0.15) is 0 Å². The number of fused-ring (bicyclic) bond motifs is 1. The monoisotopic (exact) mass is 374 g/mol. The van der Waals surface area contributed by atoms with Crippen LogP contribution in [0.25, 0.3) is 10.2 Å². The highest BCUT2D eigenvalue weighted by atomic mass is 35.5. The van der Waals surface area contributed by atoms with E-state index < -0.39 is 0 Å². The molecule has 1 aromatic heterocycles. The Balaban J connectivity index is 1.83. The Morgan fingerprint density at radius 1 is 1.28 bits per heavy atom. The Bertz CT molecular complexity index is 908. The van der Waals surface area contributed by atoms with Crippen molar-refractivity contribution in [1.82, 2.24) is 4.98 Å². The number of anilines is 1. The molecule has 25 heavy (non-hydrogen) atoms. The van der Waals surface area contributed by atoms with Crippen molar-refractivity contribution in [2.75, 3.05) is 12.4 Å². The highest BCUT2D eigenvalue weighted by Gasteiger charge is 2.15. The van der Waals surface area contributed by atoms with E-state index in [0.29, 0.717) is 21.5 Å². The maximum Gasteiger partial charge on any atom is 0.261 e. The minimum Gasteiger partial charge on any atom is -0.496 e. The molecule has 0 aliphatic carbocycles. The summed E-state index contributed by atoms with van der Waals surface area (Å²) in [4.78, 5) is 17.0. The van der Waals surface area contributed by atoms with E-state index in [2.05, 4.69) is 29.4 Å². The number of unbranched alkanes of at least 4 members (excludes halogenated alkanes) is 1. The number of methoxy groups -OCH3 is 1. The van der Waals surface area contributed by atoms with Crippen molar-refractivity contribution >= 4 is 44.2 Å². The predicted octanol–water partition coefficient (Wildman–Crippen LogP) is 5.55. The van der Waals surface area contributed by atoms with Crippen molar-refractivity contribution in [3.8, 4) is 5.75 Å². The van der Waals surface area contributed by atoms with Gasteiger partial charge in [0.05, 0.1) is 22.9 Å². The lowest BCUT2D eigenvalue weighted by Crippen LogP contribution is -2.13. The third-order valence-corrected chi connectivity index (χ3v) is 5.07. The van der Waals surface area contributed by atoms with E-state index in [9.17, 15) is 4.79 Å². The molecule has 2 aromatic carbocycles. The summed E-state index contributed by atoms with van der Waals surface area (Å²) in [6, 6.07) is 11.2. The first-order valence-electron chi connectivity index (χ1n) is 8.15. The molecule has 3 aromatic rings. The second kappa shape index (κ2) is 7.85. The molecule has 130 valence electrons. The second-order valence-corrected chi connectivity index (χ2v) is 7.19. The third kappa shape index (κ3) is 4.11. The molecule has 1 amide bonds. The number of hydrogen-bond acceptors (Lipinski definition) is 4. The number of rotatable bonds is 6. The first-order chi connectivity index (χ1) is 12.1. The second-order valence-electron chi connectivity index (χ2n) is 5.72. The summed E-state index contributed by atoms with van der Waals surface area (Å²) in [5, 5.41) is 3.89. The molecule has 0 bridgehead atoms. The molecular weight excluding hydrogens is 356 g/mol. The van der Waals surface area contributed by atoms with Crippen LogP contribution in [0.4, 0.5) is 5.13 Å². The highest BCUT2D eigenvalue weighted by Crippen LogP contribution is 2.29. The number of nitrogens with zero attached hydrogens (tertiary/aromatic N) is 1. The molecule has 0 spiro atoms. The van der Waals surface area contributed by atoms with Crippen molar-refractivity contribution in [1.29, 1.82) is 0 Å². The van der Waals surface area contributed by atoms with Crippen LogP contribution >= 0.6 is 22.9 Å². The van der Waals surface area contributed by atoms with Gasteiger partial charge in [0.15, 0.2) is 5.13 Å². The van der Waals surface area contributed by atoms with Crippen molar-refractivity contribution in [2.45, 2.75) is 26.2 Å². The van der Waals surface area contributed by atoms with Crippen LogP contribution in [0.15, 0.2) is 36.4 Å². The summed E-state index contributed by atoms with van der Waals surface area (Å²) in [6.07, 6.45) is 3.40. The van der Waals surface area contributed by atoms with E-state index in [-0.39, 0.29) is 5.91 Å². The normalized spacial score (nSPS) is 10.8. The molecule has 6 heteroatoms. The van der Waals surface area contributed by atoms with Gasteiger partial charge in [-0.25, -0.2) is 4.98 Å². The molecular formula is C19H19ClN2O2S. The molecule has 1 heterocycles. The zero-order chi connectivity index (χ0) is 17.8. The van der Waals surface area contributed by atoms with Gasteiger partial charge in [-0.15, -0.1) is 0 Å². The minimum atomic E-state index is -0.287. The number of nitrogens with one attached hydrogen (secondary N) is 1. The number of ether oxygens (including phenoxy) is 1. The van der Waals surface area contributed by atoms with Crippen LogP contribution in [-0.2, 0) is 6.42 Å². The largest absolute Gasteiger partial charge is 0.496 e. The van der Waals surface area contributed by atoms with Crippen molar-refractivity contribution in [3.63, 3.8) is 0 Å². The number of thiazole rings is 1. The minimum absolute atomic E-state index is 0.287. The van der Waals surface area contributed by atoms with Crippen LogP contribution in [0.3, 0.4) is 0 Å². The Morgan fingerprint density at radius 3 is 2.88 bits per heavy atom. The van der Waals surface area contributed by atoms with Crippen LogP contribution in [0.2, 0.25) is 5.02 Å². The topological polar surface area (TPSA) is 51.2 Å². The average molecular weight is 375 g/mol. The molecule has 3 rings (SSSR count). The van der Waals surface area contributed by atoms with Gasteiger partial charge in [0.2, 0.25) is 0 Å². The predicted molar refractivity (Wildman–Crippen MR) is 104 cm³/mol. The number of hydrogen-bond donors (Lipinski definition) is 1.